The highest BCUT2D eigenvalue weighted by atomic mass is 19.1. The van der Waals surface area contributed by atoms with E-state index in [0.29, 0.717) is 37.0 Å². The van der Waals surface area contributed by atoms with E-state index >= 15 is 0 Å². The number of pyridine rings is 1. The number of nitrogens with one attached hydrogen (secondary N) is 1. The molecule has 0 spiro atoms. The van der Waals surface area contributed by atoms with Crippen LogP contribution in [0.3, 0.4) is 0 Å². The van der Waals surface area contributed by atoms with Gasteiger partial charge in [-0.1, -0.05) is 6.07 Å². The van der Waals surface area contributed by atoms with Crippen LogP contribution in [0.2, 0.25) is 0 Å². The fraction of sp³-hybridized carbons (Fsp3) is 0.350. The van der Waals surface area contributed by atoms with Crippen LogP contribution >= 0.6 is 0 Å². The number of amides is 1. The third-order valence-corrected chi connectivity index (χ3v) is 4.77. The van der Waals surface area contributed by atoms with E-state index in [1.54, 1.807) is 24.4 Å². The Morgan fingerprint density at radius 1 is 1.19 bits per heavy atom. The molecular weight excluding hydrogens is 351 g/mol. The topological polar surface area (TPSA) is 88.5 Å². The Labute approximate surface area is 156 Å². The highest BCUT2D eigenvalue weighted by molar-refractivity contribution is 5.79. The highest BCUT2D eigenvalue weighted by Crippen LogP contribution is 2.29. The van der Waals surface area contributed by atoms with Crippen molar-refractivity contribution < 1.29 is 23.8 Å². The molecule has 0 radical (unpaired) electrons. The van der Waals surface area contributed by atoms with Crippen molar-refractivity contribution in [3.8, 4) is 11.5 Å². The van der Waals surface area contributed by atoms with Crippen LogP contribution in [0.15, 0.2) is 42.7 Å². The van der Waals surface area contributed by atoms with Crippen LogP contribution in [-0.2, 0) is 16.1 Å². The highest BCUT2D eigenvalue weighted by Gasteiger charge is 2.29. The summed E-state index contributed by atoms with van der Waals surface area (Å²) >= 11 is 0. The molecule has 0 atom stereocenters. The number of rotatable bonds is 6. The number of carbonyl (C=O) groups excluding carboxylic acids is 1. The van der Waals surface area contributed by atoms with E-state index in [1.807, 2.05) is 0 Å². The van der Waals surface area contributed by atoms with Gasteiger partial charge in [-0.05, 0) is 55.5 Å². The molecule has 1 aliphatic rings. The Morgan fingerprint density at radius 2 is 1.93 bits per heavy atom. The van der Waals surface area contributed by atoms with E-state index in [9.17, 15) is 14.0 Å². The van der Waals surface area contributed by atoms with Gasteiger partial charge in [-0.2, -0.15) is 0 Å². The normalized spacial score (nSPS) is 19.3. The maximum absolute atomic E-state index is 14.2. The van der Waals surface area contributed by atoms with Gasteiger partial charge in [-0.15, -0.1) is 0 Å². The Kier molecular flexibility index (Phi) is 6.01. The second-order valence-corrected chi connectivity index (χ2v) is 6.66. The van der Waals surface area contributed by atoms with Crippen LogP contribution in [-0.4, -0.2) is 22.0 Å². The predicted molar refractivity (Wildman–Crippen MR) is 95.6 cm³/mol. The van der Waals surface area contributed by atoms with E-state index < -0.39 is 11.8 Å². The van der Waals surface area contributed by atoms with Gasteiger partial charge in [0.15, 0.2) is 11.6 Å². The zero-order valence-electron chi connectivity index (χ0n) is 14.7. The number of ether oxygens (including phenoxy) is 1. The number of nitrogens with zero attached hydrogens (tertiary/aromatic N) is 1. The lowest BCUT2D eigenvalue weighted by Gasteiger charge is -2.25. The molecule has 142 valence electrons. The van der Waals surface area contributed by atoms with Crippen LogP contribution in [0.1, 0.15) is 31.2 Å². The number of carboxylic acid groups (broad SMARTS) is 1. The molecule has 0 unspecified atom stereocenters. The monoisotopic (exact) mass is 372 g/mol. The standard InChI is InChI=1S/C20H21FN2O4/c21-17-10-13(3-8-18(17)27-16-2-1-9-22-12-16)11-23-19(24)14-4-6-15(7-5-14)20(25)26/h1-3,8-10,12,14-15H,4-7,11H2,(H,23,24)(H,25,26). The molecule has 7 heteroatoms. The van der Waals surface area contributed by atoms with Crippen molar-refractivity contribution in [2.75, 3.05) is 0 Å². The van der Waals surface area contributed by atoms with Crippen molar-refractivity contribution >= 4 is 11.9 Å². The van der Waals surface area contributed by atoms with E-state index in [4.69, 9.17) is 9.84 Å². The van der Waals surface area contributed by atoms with E-state index in [2.05, 4.69) is 10.3 Å². The largest absolute Gasteiger partial charge is 0.481 e. The summed E-state index contributed by atoms with van der Waals surface area (Å²) < 4.78 is 19.7. The first kappa shape index (κ1) is 18.8. The first-order valence-corrected chi connectivity index (χ1v) is 8.89. The molecule has 1 heterocycles. The third kappa shape index (κ3) is 5.03. The summed E-state index contributed by atoms with van der Waals surface area (Å²) in [5.74, 6) is -1.44. The zero-order valence-corrected chi connectivity index (χ0v) is 14.7. The smallest absolute Gasteiger partial charge is 0.306 e. The number of benzene rings is 1. The number of hydrogen-bond acceptors (Lipinski definition) is 4. The van der Waals surface area contributed by atoms with Crippen molar-refractivity contribution in [3.05, 3.63) is 54.1 Å². The number of aromatic nitrogens is 1. The Morgan fingerprint density at radius 3 is 2.56 bits per heavy atom. The van der Waals surface area contributed by atoms with Crippen LogP contribution in [0.5, 0.6) is 11.5 Å². The summed E-state index contributed by atoms with van der Waals surface area (Å²) in [6.07, 6.45) is 5.25. The third-order valence-electron chi connectivity index (χ3n) is 4.77. The quantitative estimate of drug-likeness (QED) is 0.810. The van der Waals surface area contributed by atoms with Crippen molar-refractivity contribution in [1.29, 1.82) is 0 Å². The minimum Gasteiger partial charge on any atom is -0.481 e. The first-order chi connectivity index (χ1) is 13.0. The van der Waals surface area contributed by atoms with Gasteiger partial charge in [0.05, 0.1) is 12.1 Å². The molecule has 1 fully saturated rings. The van der Waals surface area contributed by atoms with Crippen LogP contribution in [0.4, 0.5) is 4.39 Å². The van der Waals surface area contributed by atoms with Gasteiger partial charge in [-0.25, -0.2) is 4.39 Å². The molecule has 6 nitrogen and oxygen atoms in total. The Balaban J connectivity index is 1.52. The van der Waals surface area contributed by atoms with Gasteiger partial charge in [0.25, 0.3) is 0 Å². The summed E-state index contributed by atoms with van der Waals surface area (Å²) in [6.45, 7) is 0.210. The average Bonchev–Trinajstić information content (AvgIpc) is 2.69. The number of carboxylic acids is 1. The van der Waals surface area contributed by atoms with Gasteiger partial charge in [0, 0.05) is 18.7 Å². The Bertz CT molecular complexity index is 805. The van der Waals surface area contributed by atoms with Crippen molar-refractivity contribution in [2.24, 2.45) is 11.8 Å². The molecule has 1 aromatic heterocycles. The SMILES string of the molecule is O=C(O)C1CCC(C(=O)NCc2ccc(Oc3cccnc3)c(F)c2)CC1. The molecule has 0 aliphatic heterocycles. The molecule has 0 saturated heterocycles. The van der Waals surface area contributed by atoms with Crippen molar-refractivity contribution in [3.63, 3.8) is 0 Å². The van der Waals surface area contributed by atoms with Crippen molar-refractivity contribution in [2.45, 2.75) is 32.2 Å². The van der Waals surface area contributed by atoms with Crippen LogP contribution in [0.25, 0.3) is 0 Å². The second kappa shape index (κ2) is 8.62. The number of hydrogen-bond donors (Lipinski definition) is 2. The molecular formula is C20H21FN2O4. The molecule has 1 aliphatic carbocycles. The molecule has 2 N–H and O–H groups in total. The minimum atomic E-state index is -0.794. The minimum absolute atomic E-state index is 0.0880. The fourth-order valence-corrected chi connectivity index (χ4v) is 3.21. The fourth-order valence-electron chi connectivity index (χ4n) is 3.21. The van der Waals surface area contributed by atoms with Gasteiger partial charge < -0.3 is 15.2 Å². The van der Waals surface area contributed by atoms with Gasteiger partial charge in [-0.3, -0.25) is 14.6 Å². The maximum atomic E-state index is 14.2. The Hall–Kier alpha value is -2.96. The lowest BCUT2D eigenvalue weighted by molar-refractivity contribution is -0.144. The average molecular weight is 372 g/mol. The molecule has 2 aromatic rings. The van der Waals surface area contributed by atoms with Crippen LogP contribution < -0.4 is 10.1 Å². The van der Waals surface area contributed by atoms with Crippen LogP contribution in [0, 0.1) is 17.7 Å². The lowest BCUT2D eigenvalue weighted by atomic mass is 9.81. The molecule has 0 bridgehead atoms. The molecule has 3 rings (SSSR count). The number of aliphatic carboxylic acids is 1. The van der Waals surface area contributed by atoms with E-state index in [1.165, 1.54) is 18.3 Å². The number of carbonyl (C=O) groups is 2. The summed E-state index contributed by atoms with van der Waals surface area (Å²) in [7, 11) is 0. The second-order valence-electron chi connectivity index (χ2n) is 6.66. The number of halogens is 1. The summed E-state index contributed by atoms with van der Waals surface area (Å²) in [5, 5.41) is 11.8. The summed E-state index contributed by atoms with van der Waals surface area (Å²) in [4.78, 5) is 27.1. The van der Waals surface area contributed by atoms with Crippen molar-refractivity contribution in [1.82, 2.24) is 10.3 Å². The maximum Gasteiger partial charge on any atom is 0.306 e. The molecule has 1 amide bonds. The molecule has 1 saturated carbocycles. The zero-order chi connectivity index (χ0) is 19.2. The molecule has 27 heavy (non-hydrogen) atoms. The predicted octanol–water partition coefficient (Wildman–Crippen LogP) is 3.52. The lowest BCUT2D eigenvalue weighted by Crippen LogP contribution is -2.34. The molecule has 1 aromatic carbocycles. The summed E-state index contributed by atoms with van der Waals surface area (Å²) in [6, 6.07) is 7.91. The van der Waals surface area contributed by atoms with Gasteiger partial charge in [0.1, 0.15) is 5.75 Å². The first-order valence-electron chi connectivity index (χ1n) is 8.89. The summed E-state index contributed by atoms with van der Waals surface area (Å²) in [5.41, 5.74) is 0.624. The van der Waals surface area contributed by atoms with E-state index in [-0.39, 0.29) is 30.0 Å². The van der Waals surface area contributed by atoms with Gasteiger partial charge in [0.2, 0.25) is 5.91 Å². The van der Waals surface area contributed by atoms with E-state index in [0.717, 1.165) is 0 Å². The van der Waals surface area contributed by atoms with Gasteiger partial charge >= 0.3 is 5.97 Å².